The zero-order valence-electron chi connectivity index (χ0n) is 15.8. The molecule has 0 bridgehead atoms. The molecule has 2 heterocycles. The summed E-state index contributed by atoms with van der Waals surface area (Å²) in [5.41, 5.74) is 2.08. The molecule has 2 aromatic heterocycles. The van der Waals surface area contributed by atoms with Crippen molar-refractivity contribution in [3.8, 4) is 5.00 Å². The van der Waals surface area contributed by atoms with Crippen LogP contribution in [0.2, 0.25) is 0 Å². The van der Waals surface area contributed by atoms with Crippen molar-refractivity contribution >= 4 is 27.5 Å². The second kappa shape index (κ2) is 8.36. The molecular formula is C19H21N3O5S2. The van der Waals surface area contributed by atoms with Gasteiger partial charge in [-0.25, -0.2) is 22.9 Å². The highest BCUT2D eigenvalue weighted by Gasteiger charge is 2.49. The van der Waals surface area contributed by atoms with Gasteiger partial charge in [-0.2, -0.15) is 0 Å². The summed E-state index contributed by atoms with van der Waals surface area (Å²) >= 11 is 1.25. The molecular weight excluding hydrogens is 414 g/mol. The van der Waals surface area contributed by atoms with Gasteiger partial charge in [0.2, 0.25) is 10.0 Å². The number of nitrogens with zero attached hydrogens (tertiary/aromatic N) is 2. The minimum Gasteiger partial charge on any atom is -0.450 e. The first kappa shape index (κ1) is 21.0. The van der Waals surface area contributed by atoms with Crippen molar-refractivity contribution in [2.75, 3.05) is 0 Å². The molecule has 1 saturated carbocycles. The number of aryl methyl sites for hydroxylation is 1. The number of nitrogens with one attached hydrogen (secondary N) is 1. The average Bonchev–Trinajstić information content (AvgIpc) is 3.05. The molecule has 0 saturated heterocycles. The van der Waals surface area contributed by atoms with Crippen LogP contribution in [0.15, 0.2) is 59.2 Å². The standard InChI is InChI=1S/C18H19N3O2S2.CH2O3/c1-12-10-21(11-19-12)15-8-9-16(24-15)25(22,23)20-18-13(2)17(18)14-6-4-3-5-7-14;2-1(3)4/h3-11,13,17-18,20H,1-2H3;(H2,2,3,4)/t13-,17-,18+;/m1./s1. The van der Waals surface area contributed by atoms with Crippen molar-refractivity contribution in [3.05, 3.63) is 66.2 Å². The number of carbonyl (C=O) groups is 1. The Hall–Kier alpha value is -2.69. The lowest BCUT2D eigenvalue weighted by Crippen LogP contribution is -2.27. The molecule has 0 aliphatic heterocycles. The number of sulfonamides is 1. The summed E-state index contributed by atoms with van der Waals surface area (Å²) in [5.74, 6) is 0.541. The third-order valence-corrected chi connectivity index (χ3v) is 7.70. The highest BCUT2D eigenvalue weighted by molar-refractivity contribution is 7.91. The smallest absolute Gasteiger partial charge is 0.450 e. The largest absolute Gasteiger partial charge is 0.503 e. The fourth-order valence-electron chi connectivity index (χ4n) is 3.20. The number of benzene rings is 1. The summed E-state index contributed by atoms with van der Waals surface area (Å²) in [6.45, 7) is 3.99. The van der Waals surface area contributed by atoms with E-state index in [1.165, 1.54) is 16.9 Å². The quantitative estimate of drug-likeness (QED) is 0.563. The van der Waals surface area contributed by atoms with Crippen LogP contribution in [0.1, 0.15) is 24.1 Å². The molecule has 0 spiro atoms. The van der Waals surface area contributed by atoms with Crippen LogP contribution < -0.4 is 4.72 Å². The molecule has 29 heavy (non-hydrogen) atoms. The first-order chi connectivity index (χ1) is 13.7. The van der Waals surface area contributed by atoms with Crippen molar-refractivity contribution in [1.29, 1.82) is 0 Å². The minimum atomic E-state index is -3.52. The van der Waals surface area contributed by atoms with Gasteiger partial charge in [0.25, 0.3) is 0 Å². The maximum atomic E-state index is 12.7. The van der Waals surface area contributed by atoms with Gasteiger partial charge in [-0.1, -0.05) is 37.3 Å². The molecule has 3 N–H and O–H groups in total. The number of rotatable bonds is 5. The fourth-order valence-corrected chi connectivity index (χ4v) is 5.81. The molecule has 1 fully saturated rings. The van der Waals surface area contributed by atoms with E-state index in [2.05, 4.69) is 28.8 Å². The van der Waals surface area contributed by atoms with Gasteiger partial charge in [0.1, 0.15) is 15.5 Å². The van der Waals surface area contributed by atoms with E-state index < -0.39 is 16.2 Å². The molecule has 3 aromatic rings. The van der Waals surface area contributed by atoms with Gasteiger partial charge in [0.15, 0.2) is 0 Å². The highest BCUT2D eigenvalue weighted by atomic mass is 32.2. The van der Waals surface area contributed by atoms with Gasteiger partial charge in [-0.05, 0) is 30.5 Å². The highest BCUT2D eigenvalue weighted by Crippen LogP contribution is 2.48. The molecule has 0 radical (unpaired) electrons. The predicted octanol–water partition coefficient (Wildman–Crippen LogP) is 3.55. The van der Waals surface area contributed by atoms with E-state index >= 15 is 0 Å². The molecule has 154 valence electrons. The van der Waals surface area contributed by atoms with Crippen LogP contribution in [0.25, 0.3) is 5.00 Å². The number of carboxylic acid groups (broad SMARTS) is 2. The third-order valence-electron chi connectivity index (χ3n) is 4.65. The van der Waals surface area contributed by atoms with E-state index in [9.17, 15) is 8.42 Å². The number of imidazole rings is 1. The fraction of sp³-hybridized carbons (Fsp3) is 0.263. The second-order valence-electron chi connectivity index (χ2n) is 6.74. The van der Waals surface area contributed by atoms with Crippen molar-refractivity contribution in [2.24, 2.45) is 5.92 Å². The molecule has 1 aromatic carbocycles. The lowest BCUT2D eigenvalue weighted by molar-refractivity contribution is 0.137. The topological polar surface area (TPSA) is 122 Å². The van der Waals surface area contributed by atoms with Gasteiger partial charge in [-0.15, -0.1) is 11.3 Å². The van der Waals surface area contributed by atoms with E-state index in [1.807, 2.05) is 42.0 Å². The number of hydrogen-bond acceptors (Lipinski definition) is 5. The van der Waals surface area contributed by atoms with Crippen LogP contribution in [-0.4, -0.2) is 40.4 Å². The van der Waals surface area contributed by atoms with E-state index in [0.29, 0.717) is 10.1 Å². The molecule has 1 aliphatic rings. The van der Waals surface area contributed by atoms with Crippen LogP contribution in [0.4, 0.5) is 4.79 Å². The second-order valence-corrected chi connectivity index (χ2v) is 9.74. The van der Waals surface area contributed by atoms with Gasteiger partial charge >= 0.3 is 6.16 Å². The zero-order chi connectivity index (χ0) is 21.2. The Morgan fingerprint density at radius 3 is 2.41 bits per heavy atom. The normalized spacial score (nSPS) is 20.6. The van der Waals surface area contributed by atoms with Crippen molar-refractivity contribution < 1.29 is 23.4 Å². The van der Waals surface area contributed by atoms with Crippen molar-refractivity contribution in [1.82, 2.24) is 14.3 Å². The Morgan fingerprint density at radius 1 is 1.17 bits per heavy atom. The van der Waals surface area contributed by atoms with Crippen LogP contribution in [0, 0.1) is 12.8 Å². The van der Waals surface area contributed by atoms with Gasteiger partial charge in [-0.3, -0.25) is 4.57 Å². The average molecular weight is 436 g/mol. The Labute approximate surface area is 172 Å². The first-order valence-electron chi connectivity index (χ1n) is 8.79. The third kappa shape index (κ3) is 5.03. The number of aromatic nitrogens is 2. The maximum Gasteiger partial charge on any atom is 0.503 e. The lowest BCUT2D eigenvalue weighted by Gasteiger charge is -2.04. The minimum absolute atomic E-state index is 0.0477. The van der Waals surface area contributed by atoms with Crippen molar-refractivity contribution in [3.63, 3.8) is 0 Å². The first-order valence-corrected chi connectivity index (χ1v) is 11.1. The molecule has 0 amide bonds. The van der Waals surface area contributed by atoms with Crippen LogP contribution in [0.5, 0.6) is 0 Å². The van der Waals surface area contributed by atoms with Gasteiger partial charge in [0, 0.05) is 18.2 Å². The molecule has 8 nitrogen and oxygen atoms in total. The van der Waals surface area contributed by atoms with Gasteiger partial charge < -0.3 is 10.2 Å². The van der Waals surface area contributed by atoms with E-state index in [0.717, 1.165) is 10.7 Å². The predicted molar refractivity (Wildman–Crippen MR) is 109 cm³/mol. The Balaban J connectivity index is 0.000000552. The van der Waals surface area contributed by atoms with Crippen LogP contribution in [0.3, 0.4) is 0 Å². The SMILES string of the molecule is Cc1cn(-c2ccc(S(=O)(=O)N[C@H]3[C@H](C)[C@@H]3c3ccccc3)s2)cn1.O=C(O)O. The van der Waals surface area contributed by atoms with E-state index in [-0.39, 0.29) is 12.0 Å². The summed E-state index contributed by atoms with van der Waals surface area (Å²) in [4.78, 5) is 12.7. The monoisotopic (exact) mass is 435 g/mol. The summed E-state index contributed by atoms with van der Waals surface area (Å²) in [5, 5.41) is 14.8. The van der Waals surface area contributed by atoms with Crippen LogP contribution >= 0.6 is 11.3 Å². The van der Waals surface area contributed by atoms with E-state index in [4.69, 9.17) is 15.0 Å². The molecule has 1 aliphatic carbocycles. The Morgan fingerprint density at radius 2 is 1.83 bits per heavy atom. The Kier molecular flexibility index (Phi) is 6.06. The maximum absolute atomic E-state index is 12.7. The molecule has 3 atom stereocenters. The number of thiophene rings is 1. The molecule has 0 unspecified atom stereocenters. The summed E-state index contributed by atoms with van der Waals surface area (Å²) in [6, 6.07) is 13.5. The summed E-state index contributed by atoms with van der Waals surface area (Å²) < 4.78 is 30.5. The summed E-state index contributed by atoms with van der Waals surface area (Å²) in [7, 11) is -3.52. The number of hydrogen-bond donors (Lipinski definition) is 3. The van der Waals surface area contributed by atoms with Crippen LogP contribution in [-0.2, 0) is 10.0 Å². The van der Waals surface area contributed by atoms with E-state index in [1.54, 1.807) is 12.4 Å². The lowest BCUT2D eigenvalue weighted by atomic mass is 10.1. The van der Waals surface area contributed by atoms with Crippen molar-refractivity contribution in [2.45, 2.75) is 30.0 Å². The summed E-state index contributed by atoms with van der Waals surface area (Å²) in [6.07, 6.45) is 1.74. The molecule has 10 heteroatoms. The Bertz CT molecular complexity index is 1090. The zero-order valence-corrected chi connectivity index (χ0v) is 17.4. The van der Waals surface area contributed by atoms with Gasteiger partial charge in [0.05, 0.1) is 5.69 Å². The molecule has 4 rings (SSSR count).